The summed E-state index contributed by atoms with van der Waals surface area (Å²) in [7, 11) is 1.71. The maximum atomic E-state index is 5.85. The van der Waals surface area contributed by atoms with E-state index in [4.69, 9.17) is 9.47 Å². The first-order valence-electron chi connectivity index (χ1n) is 7.48. The normalized spacial score (nSPS) is 22.6. The van der Waals surface area contributed by atoms with Crippen LogP contribution in [0.1, 0.15) is 19.5 Å². The van der Waals surface area contributed by atoms with E-state index in [0.717, 1.165) is 30.0 Å². The van der Waals surface area contributed by atoms with E-state index in [0.29, 0.717) is 0 Å². The smallest absolute Gasteiger partial charge is 0.213 e. The molecule has 0 aliphatic carbocycles. The fourth-order valence-electron chi connectivity index (χ4n) is 3.14. The Morgan fingerprint density at radius 1 is 1.19 bits per heavy atom. The Bertz CT molecular complexity index is 647. The average molecular weight is 287 g/mol. The molecule has 1 aromatic heterocycles. The maximum Gasteiger partial charge on any atom is 0.213 e. The molecule has 1 aliphatic rings. The highest BCUT2D eigenvalue weighted by Crippen LogP contribution is 2.30. The molecule has 0 bridgehead atoms. The number of hydrogen-bond donors (Lipinski definition) is 0. The topological polar surface area (TPSA) is 35.8 Å². The molecule has 0 amide bonds. The quantitative estimate of drug-likeness (QED) is 0.851. The summed E-state index contributed by atoms with van der Waals surface area (Å²) >= 11 is 0. The highest BCUT2D eigenvalue weighted by molar-refractivity contribution is 5.91. The first-order valence-corrected chi connectivity index (χ1v) is 7.48. The van der Waals surface area contributed by atoms with Crippen LogP contribution in [0.15, 0.2) is 24.3 Å². The van der Waals surface area contributed by atoms with Crippen molar-refractivity contribution in [3.8, 4) is 5.75 Å². The number of nitrogens with one attached hydrogen (secondary N) is 1. The number of aromatic amines is 1. The van der Waals surface area contributed by atoms with E-state index in [9.17, 15) is 0 Å². The fraction of sp³-hybridized carbons (Fsp3) is 0.471. The molecule has 4 nitrogen and oxygen atoms in total. The van der Waals surface area contributed by atoms with E-state index >= 15 is 0 Å². The number of rotatable bonds is 2. The third-order valence-electron chi connectivity index (χ3n) is 3.95. The molecule has 0 saturated carbocycles. The number of aromatic nitrogens is 1. The van der Waals surface area contributed by atoms with E-state index in [1.807, 2.05) is 6.07 Å². The van der Waals surface area contributed by atoms with E-state index in [2.05, 4.69) is 48.9 Å². The molecule has 0 spiro atoms. The van der Waals surface area contributed by atoms with Gasteiger partial charge in [-0.25, -0.2) is 4.98 Å². The molecule has 3 rings (SSSR count). The lowest BCUT2D eigenvalue weighted by Gasteiger charge is -2.37. The van der Waals surface area contributed by atoms with Gasteiger partial charge in [-0.1, -0.05) is 0 Å². The number of anilines is 1. The van der Waals surface area contributed by atoms with E-state index in [1.54, 1.807) is 7.11 Å². The minimum absolute atomic E-state index is 0.249. The number of ether oxygens (including phenoxy) is 2. The number of methoxy groups -OCH3 is 1. The summed E-state index contributed by atoms with van der Waals surface area (Å²) in [5, 5.41) is 1.20. The summed E-state index contributed by atoms with van der Waals surface area (Å²) in [6, 6.07) is 8.39. The van der Waals surface area contributed by atoms with Crippen LogP contribution in [0.4, 0.5) is 5.69 Å². The number of morpholine rings is 1. The van der Waals surface area contributed by atoms with Gasteiger partial charge in [0, 0.05) is 32.1 Å². The lowest BCUT2D eigenvalue weighted by molar-refractivity contribution is -0.354. The van der Waals surface area contributed by atoms with Gasteiger partial charge in [-0.2, -0.15) is 0 Å². The van der Waals surface area contributed by atoms with Crippen LogP contribution in [0.2, 0.25) is 0 Å². The largest absolute Gasteiger partial charge is 0.497 e. The van der Waals surface area contributed by atoms with Crippen molar-refractivity contribution in [2.75, 3.05) is 25.1 Å². The summed E-state index contributed by atoms with van der Waals surface area (Å²) in [4.78, 5) is 5.85. The molecule has 1 aliphatic heterocycles. The predicted molar refractivity (Wildman–Crippen MR) is 84.0 cm³/mol. The Morgan fingerprint density at radius 3 is 2.57 bits per heavy atom. The summed E-state index contributed by atoms with van der Waals surface area (Å²) < 4.78 is 11.2. The van der Waals surface area contributed by atoms with Crippen molar-refractivity contribution in [2.24, 2.45) is 0 Å². The number of H-pyrrole nitrogens is 1. The molecule has 2 atom stereocenters. The number of fused-ring (bicyclic) bond motifs is 1. The van der Waals surface area contributed by atoms with Crippen LogP contribution in [0.5, 0.6) is 5.75 Å². The molecule has 1 fully saturated rings. The van der Waals surface area contributed by atoms with Crippen LogP contribution >= 0.6 is 0 Å². The van der Waals surface area contributed by atoms with Gasteiger partial charge in [-0.05, 0) is 26.0 Å². The summed E-state index contributed by atoms with van der Waals surface area (Å²) in [6.45, 7) is 8.20. The highest BCUT2D eigenvalue weighted by atomic mass is 16.5. The van der Waals surface area contributed by atoms with Crippen molar-refractivity contribution < 1.29 is 14.5 Å². The number of pyridine rings is 1. The SMILES string of the molecule is COc1ccc2[nH+]c(C)cc(N3C[C@@H](C)O[C@@H](C)C3)c2c1. The molecule has 4 heteroatoms. The maximum absolute atomic E-state index is 5.85. The first-order chi connectivity index (χ1) is 10.1. The van der Waals surface area contributed by atoms with Gasteiger partial charge in [0.25, 0.3) is 0 Å². The molecule has 1 saturated heterocycles. The van der Waals surface area contributed by atoms with Crippen LogP contribution in [0.3, 0.4) is 0 Å². The van der Waals surface area contributed by atoms with Crippen LogP contribution in [0.25, 0.3) is 10.9 Å². The van der Waals surface area contributed by atoms with Crippen molar-refractivity contribution >= 4 is 16.6 Å². The van der Waals surface area contributed by atoms with Crippen molar-refractivity contribution in [3.05, 3.63) is 30.0 Å². The number of nitrogens with zero attached hydrogens (tertiary/aromatic N) is 1. The molecule has 21 heavy (non-hydrogen) atoms. The van der Waals surface area contributed by atoms with E-state index in [1.165, 1.54) is 11.1 Å². The monoisotopic (exact) mass is 287 g/mol. The zero-order chi connectivity index (χ0) is 15.0. The third kappa shape index (κ3) is 2.81. The van der Waals surface area contributed by atoms with E-state index < -0.39 is 0 Å². The van der Waals surface area contributed by atoms with Crippen LogP contribution in [-0.2, 0) is 4.74 Å². The summed E-state index contributed by atoms with van der Waals surface area (Å²) in [5.74, 6) is 0.885. The van der Waals surface area contributed by atoms with Gasteiger partial charge in [-0.3, -0.25) is 0 Å². The van der Waals surface area contributed by atoms with E-state index in [-0.39, 0.29) is 12.2 Å². The Kier molecular flexibility index (Phi) is 3.72. The summed E-state index contributed by atoms with van der Waals surface area (Å²) in [6.07, 6.45) is 0.498. The zero-order valence-electron chi connectivity index (χ0n) is 13.1. The lowest BCUT2D eigenvalue weighted by atomic mass is 10.1. The van der Waals surface area contributed by atoms with Gasteiger partial charge in [0.15, 0.2) is 5.69 Å². The molecule has 0 radical (unpaired) electrons. The predicted octanol–water partition coefficient (Wildman–Crippen LogP) is 2.58. The van der Waals surface area contributed by atoms with Crippen LogP contribution < -0.4 is 14.6 Å². The van der Waals surface area contributed by atoms with Crippen molar-refractivity contribution in [1.29, 1.82) is 0 Å². The third-order valence-corrected chi connectivity index (χ3v) is 3.95. The number of benzene rings is 1. The molecule has 2 heterocycles. The molecule has 112 valence electrons. The van der Waals surface area contributed by atoms with Gasteiger partial charge in [0.05, 0.1) is 30.4 Å². The molecule has 1 aromatic carbocycles. The van der Waals surface area contributed by atoms with Gasteiger partial charge in [-0.15, -0.1) is 0 Å². The Labute approximate surface area is 125 Å². The zero-order valence-corrected chi connectivity index (χ0v) is 13.1. The van der Waals surface area contributed by atoms with Gasteiger partial charge >= 0.3 is 0 Å². The van der Waals surface area contributed by atoms with Crippen molar-refractivity contribution in [3.63, 3.8) is 0 Å². The molecule has 1 N–H and O–H groups in total. The number of aryl methyl sites for hydroxylation is 1. The molecule has 2 aromatic rings. The van der Waals surface area contributed by atoms with Crippen molar-refractivity contribution in [2.45, 2.75) is 33.0 Å². The first kappa shape index (κ1) is 14.1. The second-order valence-corrected chi connectivity index (χ2v) is 5.91. The molecular formula is C17H23N2O2+. The van der Waals surface area contributed by atoms with Gasteiger partial charge in [0.2, 0.25) is 5.52 Å². The minimum atomic E-state index is 0.249. The van der Waals surface area contributed by atoms with Gasteiger partial charge in [0.1, 0.15) is 5.75 Å². The molecule has 0 unspecified atom stereocenters. The Hall–Kier alpha value is -1.81. The molecular weight excluding hydrogens is 264 g/mol. The Balaban J connectivity index is 2.11. The second kappa shape index (κ2) is 5.53. The van der Waals surface area contributed by atoms with Crippen LogP contribution in [-0.4, -0.2) is 32.4 Å². The lowest BCUT2D eigenvalue weighted by Crippen LogP contribution is -2.45. The second-order valence-electron chi connectivity index (χ2n) is 5.91. The Morgan fingerprint density at radius 2 is 1.90 bits per heavy atom. The standard InChI is InChI=1S/C17H22N2O2/c1-11-7-17(19-9-12(2)21-13(3)10-19)15-8-14(20-4)5-6-16(15)18-11/h5-8,12-13H,9-10H2,1-4H3/p+1/t12-,13+. The minimum Gasteiger partial charge on any atom is -0.497 e. The highest BCUT2D eigenvalue weighted by Gasteiger charge is 2.25. The summed E-state index contributed by atoms with van der Waals surface area (Å²) in [5.41, 5.74) is 3.55. The number of hydrogen-bond acceptors (Lipinski definition) is 3. The van der Waals surface area contributed by atoms with Gasteiger partial charge < -0.3 is 14.4 Å². The van der Waals surface area contributed by atoms with Crippen molar-refractivity contribution in [1.82, 2.24) is 0 Å². The fourth-order valence-corrected chi connectivity index (χ4v) is 3.14. The van der Waals surface area contributed by atoms with Crippen LogP contribution in [0, 0.1) is 6.92 Å². The average Bonchev–Trinajstić information content (AvgIpc) is 2.44.